The molecule has 2 N–H and O–H groups in total. The molecule has 0 saturated carbocycles. The molecule has 1 unspecified atom stereocenters. The number of rotatable bonds is 7. The van der Waals surface area contributed by atoms with Crippen LogP contribution in [0.5, 0.6) is 0 Å². The fraction of sp³-hybridized carbons (Fsp3) is 0.750. The number of aryl methyl sites for hydroxylation is 1. The fourth-order valence-electron chi connectivity index (χ4n) is 1.44. The largest absolute Gasteiger partial charge is 0.394 e. The molecule has 1 atom stereocenters. The number of amides is 1. The lowest BCUT2D eigenvalue weighted by molar-refractivity contribution is 0.0910. The first-order valence-electron chi connectivity index (χ1n) is 6.38. The molecular formula is C12H22N4O2. The number of hydrogen-bond donors (Lipinski definition) is 2. The summed E-state index contributed by atoms with van der Waals surface area (Å²) in [5.41, 5.74) is 0.297. The standard InChI is InChI=1S/C12H22N4O2/c1-4-10(8-17)13-12(18)11-7-16(15-14-11)6-5-9(2)3/h7,9-10,17H,4-6,8H2,1-3H3,(H,13,18). The summed E-state index contributed by atoms with van der Waals surface area (Å²) in [6.07, 6.45) is 3.32. The predicted molar refractivity (Wildman–Crippen MR) is 68.1 cm³/mol. The van der Waals surface area contributed by atoms with Crippen LogP contribution in [0.3, 0.4) is 0 Å². The molecule has 18 heavy (non-hydrogen) atoms. The van der Waals surface area contributed by atoms with Gasteiger partial charge in [-0.25, -0.2) is 0 Å². The molecule has 0 radical (unpaired) electrons. The number of aromatic nitrogens is 3. The van der Waals surface area contributed by atoms with Gasteiger partial charge >= 0.3 is 0 Å². The lowest BCUT2D eigenvalue weighted by Crippen LogP contribution is -2.37. The zero-order valence-electron chi connectivity index (χ0n) is 11.3. The summed E-state index contributed by atoms with van der Waals surface area (Å²) in [6.45, 7) is 6.87. The van der Waals surface area contributed by atoms with Crippen LogP contribution in [0.25, 0.3) is 0 Å². The molecule has 0 fully saturated rings. The highest BCUT2D eigenvalue weighted by molar-refractivity contribution is 5.92. The van der Waals surface area contributed by atoms with Crippen LogP contribution >= 0.6 is 0 Å². The predicted octanol–water partition coefficient (Wildman–Crippen LogP) is 0.825. The Morgan fingerprint density at radius 3 is 2.83 bits per heavy atom. The van der Waals surface area contributed by atoms with Crippen molar-refractivity contribution in [2.45, 2.75) is 46.2 Å². The Kier molecular flexibility index (Phi) is 5.77. The quantitative estimate of drug-likeness (QED) is 0.755. The molecule has 0 saturated heterocycles. The van der Waals surface area contributed by atoms with Gasteiger partial charge in [-0.3, -0.25) is 9.48 Å². The third-order valence-corrected chi connectivity index (χ3v) is 2.76. The van der Waals surface area contributed by atoms with Crippen LogP contribution < -0.4 is 5.32 Å². The van der Waals surface area contributed by atoms with E-state index in [0.717, 1.165) is 13.0 Å². The minimum absolute atomic E-state index is 0.0657. The van der Waals surface area contributed by atoms with Crippen molar-refractivity contribution in [1.29, 1.82) is 0 Å². The summed E-state index contributed by atoms with van der Waals surface area (Å²) in [5.74, 6) is 0.303. The van der Waals surface area contributed by atoms with Crippen molar-refractivity contribution < 1.29 is 9.90 Å². The normalized spacial score (nSPS) is 12.7. The summed E-state index contributed by atoms with van der Waals surface area (Å²) >= 11 is 0. The molecule has 1 rings (SSSR count). The maximum absolute atomic E-state index is 11.8. The lowest BCUT2D eigenvalue weighted by atomic mass is 10.1. The number of nitrogens with one attached hydrogen (secondary N) is 1. The number of carbonyl (C=O) groups excluding carboxylic acids is 1. The first kappa shape index (κ1) is 14.6. The van der Waals surface area contributed by atoms with Crippen molar-refractivity contribution >= 4 is 5.91 Å². The van der Waals surface area contributed by atoms with E-state index in [9.17, 15) is 4.79 Å². The molecule has 1 aromatic rings. The van der Waals surface area contributed by atoms with Crippen LogP contribution in [-0.4, -0.2) is 38.7 Å². The van der Waals surface area contributed by atoms with Crippen LogP contribution in [0.15, 0.2) is 6.20 Å². The molecule has 1 amide bonds. The smallest absolute Gasteiger partial charge is 0.273 e. The second-order valence-electron chi connectivity index (χ2n) is 4.81. The minimum atomic E-state index is -0.285. The SMILES string of the molecule is CCC(CO)NC(=O)c1cn(CCC(C)C)nn1. The van der Waals surface area contributed by atoms with E-state index in [1.807, 2.05) is 6.92 Å². The van der Waals surface area contributed by atoms with E-state index in [-0.39, 0.29) is 18.6 Å². The highest BCUT2D eigenvalue weighted by atomic mass is 16.3. The number of nitrogens with zero attached hydrogens (tertiary/aromatic N) is 3. The molecule has 0 aliphatic rings. The van der Waals surface area contributed by atoms with Gasteiger partial charge in [-0.05, 0) is 18.8 Å². The van der Waals surface area contributed by atoms with Crippen LogP contribution in [0.1, 0.15) is 44.1 Å². The van der Waals surface area contributed by atoms with Gasteiger partial charge in [-0.1, -0.05) is 26.0 Å². The second kappa shape index (κ2) is 7.10. The van der Waals surface area contributed by atoms with Gasteiger partial charge in [0.15, 0.2) is 5.69 Å². The van der Waals surface area contributed by atoms with Crippen molar-refractivity contribution in [1.82, 2.24) is 20.3 Å². The molecule has 0 spiro atoms. The zero-order valence-corrected chi connectivity index (χ0v) is 11.3. The monoisotopic (exact) mass is 254 g/mol. The van der Waals surface area contributed by atoms with Gasteiger partial charge in [0.05, 0.1) is 18.8 Å². The summed E-state index contributed by atoms with van der Waals surface area (Å²) < 4.78 is 1.68. The third kappa shape index (κ3) is 4.44. The van der Waals surface area contributed by atoms with Gasteiger partial charge < -0.3 is 10.4 Å². The number of aliphatic hydroxyl groups excluding tert-OH is 1. The highest BCUT2D eigenvalue weighted by Crippen LogP contribution is 2.02. The van der Waals surface area contributed by atoms with E-state index >= 15 is 0 Å². The fourth-order valence-corrected chi connectivity index (χ4v) is 1.44. The van der Waals surface area contributed by atoms with E-state index < -0.39 is 0 Å². The van der Waals surface area contributed by atoms with Gasteiger partial charge in [0.2, 0.25) is 0 Å². The zero-order chi connectivity index (χ0) is 13.5. The maximum atomic E-state index is 11.8. The lowest BCUT2D eigenvalue weighted by Gasteiger charge is -2.12. The summed E-state index contributed by atoms with van der Waals surface area (Å²) in [6, 6.07) is -0.224. The van der Waals surface area contributed by atoms with Gasteiger partial charge in [-0.15, -0.1) is 5.10 Å². The average Bonchev–Trinajstić information content (AvgIpc) is 2.82. The van der Waals surface area contributed by atoms with Crippen molar-refractivity contribution in [3.63, 3.8) is 0 Å². The Hall–Kier alpha value is -1.43. The maximum Gasteiger partial charge on any atom is 0.273 e. The molecule has 1 heterocycles. The number of carbonyl (C=O) groups is 1. The molecule has 0 bridgehead atoms. The van der Waals surface area contributed by atoms with E-state index in [4.69, 9.17) is 5.11 Å². The van der Waals surface area contributed by atoms with Crippen LogP contribution in [0.2, 0.25) is 0 Å². The van der Waals surface area contributed by atoms with E-state index in [1.165, 1.54) is 0 Å². The van der Waals surface area contributed by atoms with Gasteiger partial charge in [0.1, 0.15) is 0 Å². The summed E-state index contributed by atoms with van der Waals surface area (Å²) in [4.78, 5) is 11.8. The summed E-state index contributed by atoms with van der Waals surface area (Å²) in [7, 11) is 0. The van der Waals surface area contributed by atoms with Crippen molar-refractivity contribution in [2.75, 3.05) is 6.61 Å². The Morgan fingerprint density at radius 2 is 2.28 bits per heavy atom. The molecule has 0 aromatic carbocycles. The Bertz CT molecular complexity index is 372. The van der Waals surface area contributed by atoms with Crippen molar-refractivity contribution in [3.05, 3.63) is 11.9 Å². The first-order valence-corrected chi connectivity index (χ1v) is 6.38. The molecule has 6 heteroatoms. The van der Waals surface area contributed by atoms with Crippen LogP contribution in [0, 0.1) is 5.92 Å². The van der Waals surface area contributed by atoms with Crippen molar-refractivity contribution in [3.8, 4) is 0 Å². The van der Waals surface area contributed by atoms with E-state index in [1.54, 1.807) is 10.9 Å². The minimum Gasteiger partial charge on any atom is -0.394 e. The first-order chi connectivity index (χ1) is 8.56. The highest BCUT2D eigenvalue weighted by Gasteiger charge is 2.14. The number of hydrogen-bond acceptors (Lipinski definition) is 4. The van der Waals surface area contributed by atoms with Crippen LogP contribution in [0.4, 0.5) is 0 Å². The van der Waals surface area contributed by atoms with Gasteiger partial charge in [0.25, 0.3) is 5.91 Å². The van der Waals surface area contributed by atoms with Gasteiger partial charge in [0, 0.05) is 6.54 Å². The topological polar surface area (TPSA) is 80.0 Å². The van der Waals surface area contributed by atoms with Crippen LogP contribution in [-0.2, 0) is 6.54 Å². The average molecular weight is 254 g/mol. The molecule has 0 aliphatic carbocycles. The Labute approximate surface area is 107 Å². The van der Waals surface area contributed by atoms with E-state index in [2.05, 4.69) is 29.5 Å². The molecule has 0 aliphatic heterocycles. The molecule has 1 aromatic heterocycles. The Morgan fingerprint density at radius 1 is 1.56 bits per heavy atom. The molecule has 102 valence electrons. The second-order valence-corrected chi connectivity index (χ2v) is 4.81. The Balaban J connectivity index is 2.53. The summed E-state index contributed by atoms with van der Waals surface area (Å²) in [5, 5.41) is 19.5. The van der Waals surface area contributed by atoms with E-state index in [0.29, 0.717) is 18.0 Å². The van der Waals surface area contributed by atoms with Gasteiger partial charge in [-0.2, -0.15) is 0 Å². The number of aliphatic hydroxyl groups is 1. The third-order valence-electron chi connectivity index (χ3n) is 2.76. The van der Waals surface area contributed by atoms with Crippen molar-refractivity contribution in [2.24, 2.45) is 5.92 Å². The molecule has 6 nitrogen and oxygen atoms in total. The molecular weight excluding hydrogens is 232 g/mol.